The number of aryl methyl sites for hydroxylation is 2. The summed E-state index contributed by atoms with van der Waals surface area (Å²) in [4.78, 5) is 14.7. The highest BCUT2D eigenvalue weighted by atomic mass is 16.2. The average Bonchev–Trinajstić information content (AvgIpc) is 2.43. The van der Waals surface area contributed by atoms with Gasteiger partial charge in [0.25, 0.3) is 0 Å². The molecule has 110 valence electrons. The van der Waals surface area contributed by atoms with Crippen LogP contribution in [0.5, 0.6) is 0 Å². The lowest BCUT2D eigenvalue weighted by atomic mass is 10.1. The molecular formula is C19H23NO. The van der Waals surface area contributed by atoms with Crippen molar-refractivity contribution in [1.82, 2.24) is 0 Å². The fourth-order valence-corrected chi connectivity index (χ4v) is 2.54. The topological polar surface area (TPSA) is 20.3 Å². The smallest absolute Gasteiger partial charge is 0.231 e. The molecule has 0 saturated heterocycles. The van der Waals surface area contributed by atoms with E-state index in [9.17, 15) is 4.79 Å². The molecule has 21 heavy (non-hydrogen) atoms. The normalized spacial score (nSPS) is 10.7. The Labute approximate surface area is 127 Å². The number of carbonyl (C=O) groups is 1. The van der Waals surface area contributed by atoms with Crippen molar-refractivity contribution in [2.45, 2.75) is 40.2 Å². The van der Waals surface area contributed by atoms with Gasteiger partial charge in [0.1, 0.15) is 0 Å². The Morgan fingerprint density at radius 2 is 1.71 bits per heavy atom. The quantitative estimate of drug-likeness (QED) is 0.818. The van der Waals surface area contributed by atoms with E-state index in [1.54, 1.807) is 0 Å². The van der Waals surface area contributed by atoms with Gasteiger partial charge >= 0.3 is 0 Å². The Morgan fingerprint density at radius 1 is 1.05 bits per heavy atom. The number of anilines is 1. The highest BCUT2D eigenvalue weighted by Crippen LogP contribution is 2.24. The molecule has 1 amide bonds. The Balaban J connectivity index is 2.31. The summed E-state index contributed by atoms with van der Waals surface area (Å²) in [5, 5.41) is 0. The molecule has 2 aromatic carbocycles. The molecule has 0 N–H and O–H groups in total. The van der Waals surface area contributed by atoms with Crippen molar-refractivity contribution in [3.8, 4) is 0 Å². The number of benzene rings is 2. The van der Waals surface area contributed by atoms with Gasteiger partial charge in [-0.15, -0.1) is 0 Å². The van der Waals surface area contributed by atoms with E-state index in [2.05, 4.69) is 45.9 Å². The molecule has 0 fully saturated rings. The molecule has 0 bridgehead atoms. The lowest BCUT2D eigenvalue weighted by Crippen LogP contribution is -2.38. The van der Waals surface area contributed by atoms with Crippen LogP contribution in [-0.4, -0.2) is 11.9 Å². The zero-order chi connectivity index (χ0) is 15.4. The maximum Gasteiger partial charge on any atom is 0.231 e. The molecule has 2 aromatic rings. The van der Waals surface area contributed by atoms with Crippen molar-refractivity contribution in [2.75, 3.05) is 4.90 Å². The van der Waals surface area contributed by atoms with Crippen LogP contribution in [0.4, 0.5) is 5.69 Å². The first-order valence-electron chi connectivity index (χ1n) is 7.42. The third kappa shape index (κ3) is 3.72. The predicted octanol–water partition coefficient (Wildman–Crippen LogP) is 4.29. The summed E-state index contributed by atoms with van der Waals surface area (Å²) in [5.41, 5.74) is 4.38. The molecule has 0 spiro atoms. The van der Waals surface area contributed by atoms with E-state index < -0.39 is 0 Å². The summed E-state index contributed by atoms with van der Waals surface area (Å²) < 4.78 is 0. The lowest BCUT2D eigenvalue weighted by Gasteiger charge is -2.29. The summed E-state index contributed by atoms with van der Waals surface area (Å²) in [6.07, 6.45) is 0.437. The van der Waals surface area contributed by atoms with Crippen molar-refractivity contribution in [3.05, 3.63) is 65.2 Å². The van der Waals surface area contributed by atoms with Crippen molar-refractivity contribution >= 4 is 11.6 Å². The minimum atomic E-state index is 0.140. The Bertz CT molecular complexity index is 617. The first kappa shape index (κ1) is 15.3. The van der Waals surface area contributed by atoms with Gasteiger partial charge in [-0.05, 0) is 50.5 Å². The molecule has 0 saturated carbocycles. The van der Waals surface area contributed by atoms with Gasteiger partial charge < -0.3 is 4.90 Å². The van der Waals surface area contributed by atoms with E-state index in [0.717, 1.165) is 16.8 Å². The van der Waals surface area contributed by atoms with E-state index >= 15 is 0 Å². The zero-order valence-corrected chi connectivity index (χ0v) is 13.3. The van der Waals surface area contributed by atoms with Gasteiger partial charge in [-0.1, -0.05) is 42.5 Å². The third-order valence-corrected chi connectivity index (χ3v) is 3.61. The minimum absolute atomic E-state index is 0.140. The summed E-state index contributed by atoms with van der Waals surface area (Å²) >= 11 is 0. The van der Waals surface area contributed by atoms with Crippen molar-refractivity contribution in [2.24, 2.45) is 0 Å². The van der Waals surface area contributed by atoms with Gasteiger partial charge in [0.15, 0.2) is 0 Å². The van der Waals surface area contributed by atoms with Gasteiger partial charge in [0.2, 0.25) is 5.91 Å². The lowest BCUT2D eigenvalue weighted by molar-refractivity contribution is -0.118. The molecule has 0 aromatic heterocycles. The van der Waals surface area contributed by atoms with Crippen molar-refractivity contribution in [3.63, 3.8) is 0 Å². The molecule has 2 rings (SSSR count). The first-order chi connectivity index (χ1) is 9.99. The van der Waals surface area contributed by atoms with Crippen LogP contribution < -0.4 is 4.90 Å². The number of hydrogen-bond acceptors (Lipinski definition) is 1. The number of carbonyl (C=O) groups excluding carboxylic acids is 1. The molecule has 2 heteroatoms. The van der Waals surface area contributed by atoms with Crippen LogP contribution in [0.15, 0.2) is 48.5 Å². The number of rotatable bonds is 4. The monoisotopic (exact) mass is 281 g/mol. The van der Waals surface area contributed by atoms with E-state index in [4.69, 9.17) is 0 Å². The second-order valence-corrected chi connectivity index (χ2v) is 5.81. The largest absolute Gasteiger partial charge is 0.309 e. The molecular weight excluding hydrogens is 258 g/mol. The van der Waals surface area contributed by atoms with Crippen LogP contribution in [0.1, 0.15) is 30.5 Å². The second-order valence-electron chi connectivity index (χ2n) is 5.81. The molecule has 0 heterocycles. The average molecular weight is 281 g/mol. The van der Waals surface area contributed by atoms with Crippen LogP contribution >= 0.6 is 0 Å². The Hall–Kier alpha value is -2.09. The number of hydrogen-bond donors (Lipinski definition) is 0. The van der Waals surface area contributed by atoms with Crippen molar-refractivity contribution in [1.29, 1.82) is 0 Å². The van der Waals surface area contributed by atoms with E-state index in [1.165, 1.54) is 5.56 Å². The van der Waals surface area contributed by atoms with Gasteiger partial charge in [-0.2, -0.15) is 0 Å². The van der Waals surface area contributed by atoms with E-state index in [-0.39, 0.29) is 11.9 Å². The van der Waals surface area contributed by atoms with Crippen LogP contribution in [0.3, 0.4) is 0 Å². The highest BCUT2D eigenvalue weighted by Gasteiger charge is 2.20. The number of amides is 1. The van der Waals surface area contributed by atoms with E-state index in [0.29, 0.717) is 6.42 Å². The second kappa shape index (κ2) is 6.57. The van der Waals surface area contributed by atoms with Gasteiger partial charge in [-0.3, -0.25) is 4.79 Å². The molecule has 0 atom stereocenters. The minimum Gasteiger partial charge on any atom is -0.309 e. The van der Waals surface area contributed by atoms with Gasteiger partial charge in [0, 0.05) is 11.7 Å². The van der Waals surface area contributed by atoms with Crippen LogP contribution in [0, 0.1) is 13.8 Å². The van der Waals surface area contributed by atoms with Crippen molar-refractivity contribution < 1.29 is 4.79 Å². The molecule has 0 aliphatic heterocycles. The van der Waals surface area contributed by atoms with E-state index in [1.807, 2.05) is 35.2 Å². The van der Waals surface area contributed by atoms with Gasteiger partial charge in [-0.25, -0.2) is 0 Å². The van der Waals surface area contributed by atoms with Crippen LogP contribution in [0.2, 0.25) is 0 Å². The maximum absolute atomic E-state index is 12.7. The summed E-state index contributed by atoms with van der Waals surface area (Å²) in [6.45, 7) is 8.23. The predicted molar refractivity (Wildman–Crippen MR) is 88.7 cm³/mol. The maximum atomic E-state index is 12.7. The molecule has 0 radical (unpaired) electrons. The summed E-state index contributed by atoms with van der Waals surface area (Å²) in [7, 11) is 0. The van der Waals surface area contributed by atoms with Crippen LogP contribution in [-0.2, 0) is 11.2 Å². The fraction of sp³-hybridized carbons (Fsp3) is 0.316. The van der Waals surface area contributed by atoms with Crippen LogP contribution in [0.25, 0.3) is 0 Å². The Kier molecular flexibility index (Phi) is 4.79. The molecule has 0 unspecified atom stereocenters. The van der Waals surface area contributed by atoms with Gasteiger partial charge in [0.05, 0.1) is 6.42 Å². The fourth-order valence-electron chi connectivity index (χ4n) is 2.54. The highest BCUT2D eigenvalue weighted by molar-refractivity contribution is 5.96. The zero-order valence-electron chi connectivity index (χ0n) is 13.3. The standard InChI is InChI=1S/C19H23NO/c1-14(2)20(18-12-15(3)10-11-16(18)4)19(21)13-17-8-6-5-7-9-17/h5-12,14H,13H2,1-4H3. The molecule has 2 nitrogen and oxygen atoms in total. The molecule has 0 aliphatic carbocycles. The first-order valence-corrected chi connectivity index (χ1v) is 7.42. The Morgan fingerprint density at radius 3 is 2.33 bits per heavy atom. The molecule has 0 aliphatic rings. The third-order valence-electron chi connectivity index (χ3n) is 3.61. The number of nitrogens with zero attached hydrogens (tertiary/aromatic N) is 1. The summed E-state index contributed by atoms with van der Waals surface area (Å²) in [5.74, 6) is 0.143. The summed E-state index contributed by atoms with van der Waals surface area (Å²) in [6, 6.07) is 16.3. The SMILES string of the molecule is Cc1ccc(C)c(N(C(=O)Cc2ccccc2)C(C)C)c1.